The monoisotopic (exact) mass is 653 g/mol. The van der Waals surface area contributed by atoms with Crippen LogP contribution in [0.4, 0.5) is 0 Å². The minimum atomic E-state index is -1.81. The molecule has 1 amide bonds. The van der Waals surface area contributed by atoms with Gasteiger partial charge < -0.3 is 94.0 Å². The molecular weight excluding hydrogens is 602 g/mol. The molecule has 19 nitrogen and oxygen atoms in total. The molecule has 0 aromatic heterocycles. The van der Waals surface area contributed by atoms with E-state index in [4.69, 9.17) is 47.6 Å². The zero-order valence-electron chi connectivity index (χ0n) is 25.0. The molecule has 0 aromatic rings. The van der Waals surface area contributed by atoms with Gasteiger partial charge in [0.1, 0.15) is 36.6 Å². The molecule has 2 saturated heterocycles. The first-order valence-corrected chi connectivity index (χ1v) is 15.3. The summed E-state index contributed by atoms with van der Waals surface area (Å²) in [7, 11) is 0. The Balaban J connectivity index is 1.49. The van der Waals surface area contributed by atoms with E-state index in [1.54, 1.807) is 0 Å². The van der Waals surface area contributed by atoms with Crippen LogP contribution in [0.1, 0.15) is 25.7 Å². The lowest BCUT2D eigenvalue weighted by Crippen LogP contribution is -2.69. The van der Waals surface area contributed by atoms with Crippen LogP contribution in [0.15, 0.2) is 0 Å². The number of hydrogen-bond acceptors (Lipinski definition) is 18. The normalized spacial score (nSPS) is 47.7. The number of nitrogens with two attached hydrogens (primary N) is 5. The molecule has 19 heteroatoms. The fourth-order valence-electron chi connectivity index (χ4n) is 6.02. The Kier molecular flexibility index (Phi) is 12.5. The standard InChI is InChI=1S/C26H51N7O12/c27-2-1-9(35)6-32-7-14-13(36)4-11(29)23(42-14)44-21-10(28)3-12(33-25(40)26(41)5-16(26)30)22(20(21)39)45-24-19(38)17(31)18(37)15(8-34)43-24/h9-24,32,34-39,41H,1-8,27-31H2,(H,33,40)/t9?,10-,11+,12+,13-,14+,15+,16?,17-,18+,19+,20-,21+,22-,23+,24+,26?/m0/s1. The first-order chi connectivity index (χ1) is 21.2. The van der Waals surface area contributed by atoms with Crippen molar-refractivity contribution in [1.29, 1.82) is 0 Å². The van der Waals surface area contributed by atoms with Crippen LogP contribution in [-0.2, 0) is 23.7 Å². The van der Waals surface area contributed by atoms with Gasteiger partial charge in [0.2, 0.25) is 0 Å². The van der Waals surface area contributed by atoms with Crippen LogP contribution >= 0.6 is 0 Å². The van der Waals surface area contributed by atoms with Gasteiger partial charge >= 0.3 is 0 Å². The molecule has 3 unspecified atom stereocenters. The average molecular weight is 654 g/mol. The molecule has 2 saturated carbocycles. The Hall–Kier alpha value is -1.21. The van der Waals surface area contributed by atoms with E-state index >= 15 is 0 Å². The van der Waals surface area contributed by atoms with Crippen LogP contribution in [0, 0.1) is 0 Å². The summed E-state index contributed by atoms with van der Waals surface area (Å²) < 4.78 is 23.5. The van der Waals surface area contributed by atoms with Crippen LogP contribution in [0.25, 0.3) is 0 Å². The van der Waals surface area contributed by atoms with Gasteiger partial charge in [-0.2, -0.15) is 0 Å². The van der Waals surface area contributed by atoms with Gasteiger partial charge in [0.05, 0.1) is 43.0 Å². The Bertz CT molecular complexity index is 975. The Morgan fingerprint density at radius 1 is 0.933 bits per heavy atom. The predicted octanol–water partition coefficient (Wildman–Crippen LogP) is -8.34. The van der Waals surface area contributed by atoms with E-state index in [0.29, 0.717) is 13.0 Å². The first-order valence-electron chi connectivity index (χ1n) is 15.3. The molecule has 4 aliphatic rings. The van der Waals surface area contributed by atoms with Crippen molar-refractivity contribution in [3.05, 3.63) is 0 Å². The highest BCUT2D eigenvalue weighted by Crippen LogP contribution is 2.36. The van der Waals surface area contributed by atoms with E-state index in [2.05, 4.69) is 10.6 Å². The number of aliphatic hydroxyl groups is 7. The Morgan fingerprint density at radius 2 is 1.58 bits per heavy atom. The number of amides is 1. The molecule has 0 spiro atoms. The third-order valence-electron chi connectivity index (χ3n) is 9.06. The molecule has 4 fully saturated rings. The number of ether oxygens (including phenoxy) is 4. The average Bonchev–Trinajstić information content (AvgIpc) is 3.61. The van der Waals surface area contributed by atoms with E-state index in [1.807, 2.05) is 0 Å². The minimum Gasteiger partial charge on any atom is -0.394 e. The van der Waals surface area contributed by atoms with Crippen molar-refractivity contribution in [3.8, 4) is 0 Å². The van der Waals surface area contributed by atoms with Crippen molar-refractivity contribution in [1.82, 2.24) is 10.6 Å². The molecule has 19 N–H and O–H groups in total. The highest BCUT2D eigenvalue weighted by Gasteiger charge is 2.59. The molecule has 2 heterocycles. The molecule has 4 rings (SSSR count). The summed E-state index contributed by atoms with van der Waals surface area (Å²) in [5.74, 6) is -0.809. The molecule has 262 valence electrons. The maximum absolute atomic E-state index is 12.9. The fraction of sp³-hybridized carbons (Fsp3) is 0.962. The number of carbonyl (C=O) groups excluding carboxylic acids is 1. The first kappa shape index (κ1) is 36.6. The second-order valence-corrected chi connectivity index (χ2v) is 12.6. The maximum Gasteiger partial charge on any atom is 0.253 e. The van der Waals surface area contributed by atoms with E-state index in [0.717, 1.165) is 0 Å². The van der Waals surface area contributed by atoms with Crippen LogP contribution in [0.2, 0.25) is 0 Å². The minimum absolute atomic E-state index is 0.0254. The quantitative estimate of drug-likeness (QED) is 0.0877. The largest absolute Gasteiger partial charge is 0.394 e. The summed E-state index contributed by atoms with van der Waals surface area (Å²) in [6.45, 7) is 0.0226. The van der Waals surface area contributed by atoms with Crippen molar-refractivity contribution in [3.63, 3.8) is 0 Å². The third kappa shape index (κ3) is 8.27. The molecule has 0 bridgehead atoms. The Labute approximate surface area is 260 Å². The highest BCUT2D eigenvalue weighted by molar-refractivity contribution is 5.89. The molecular formula is C26H51N7O12. The lowest BCUT2D eigenvalue weighted by atomic mass is 9.83. The topological polar surface area (TPSA) is 350 Å². The van der Waals surface area contributed by atoms with Gasteiger partial charge in [-0.05, 0) is 25.8 Å². The summed E-state index contributed by atoms with van der Waals surface area (Å²) in [6, 6.07) is -4.88. The Morgan fingerprint density at radius 3 is 2.20 bits per heavy atom. The van der Waals surface area contributed by atoms with Crippen LogP contribution in [-0.4, -0.2) is 171 Å². The number of aliphatic hydroxyl groups excluding tert-OH is 6. The van der Waals surface area contributed by atoms with Gasteiger partial charge in [0.25, 0.3) is 5.91 Å². The summed E-state index contributed by atoms with van der Waals surface area (Å²) in [6.07, 6.45) is -13.1. The van der Waals surface area contributed by atoms with Gasteiger partial charge in [-0.3, -0.25) is 4.79 Å². The van der Waals surface area contributed by atoms with E-state index in [1.165, 1.54) is 0 Å². The van der Waals surface area contributed by atoms with E-state index < -0.39 is 116 Å². The van der Waals surface area contributed by atoms with Gasteiger partial charge in [0, 0.05) is 31.6 Å². The smallest absolute Gasteiger partial charge is 0.253 e. The van der Waals surface area contributed by atoms with Gasteiger partial charge in [-0.1, -0.05) is 0 Å². The summed E-state index contributed by atoms with van der Waals surface area (Å²) >= 11 is 0. The van der Waals surface area contributed by atoms with Crippen LogP contribution in [0.5, 0.6) is 0 Å². The van der Waals surface area contributed by atoms with Crippen molar-refractivity contribution in [2.45, 2.75) is 129 Å². The second-order valence-electron chi connectivity index (χ2n) is 12.6. The summed E-state index contributed by atoms with van der Waals surface area (Å²) in [4.78, 5) is 12.9. The van der Waals surface area contributed by atoms with Gasteiger partial charge in [-0.25, -0.2) is 0 Å². The summed E-state index contributed by atoms with van der Waals surface area (Å²) in [5.41, 5.74) is 27.9. The lowest BCUT2D eigenvalue weighted by molar-refractivity contribution is -0.316. The fourth-order valence-corrected chi connectivity index (χ4v) is 6.02. The maximum atomic E-state index is 12.9. The molecule has 2 aliphatic heterocycles. The zero-order chi connectivity index (χ0) is 33.2. The molecule has 0 aromatic carbocycles. The zero-order valence-corrected chi connectivity index (χ0v) is 25.0. The molecule has 2 aliphatic carbocycles. The van der Waals surface area contributed by atoms with Crippen LogP contribution < -0.4 is 39.3 Å². The van der Waals surface area contributed by atoms with E-state index in [-0.39, 0.29) is 32.4 Å². The van der Waals surface area contributed by atoms with Gasteiger partial charge in [-0.15, -0.1) is 0 Å². The highest BCUT2D eigenvalue weighted by atomic mass is 16.7. The van der Waals surface area contributed by atoms with Crippen molar-refractivity contribution < 1.29 is 59.5 Å². The number of rotatable bonds is 13. The SMILES string of the molecule is NCCC(O)CNC[C@H]1O[C@H](O[C@H]2[C@H](O)[C@@H](O[C@H]3O[C@H](CO)[C@@H](O)[C@H](N)[C@H]3O)[C@H](NC(=O)C3(O)CC3N)C[C@@H]2N)[C@H](N)C[C@@H]1O. The number of nitrogens with one attached hydrogen (secondary N) is 2. The van der Waals surface area contributed by atoms with Crippen molar-refractivity contribution in [2.24, 2.45) is 28.7 Å². The number of carbonyl (C=O) groups is 1. The van der Waals surface area contributed by atoms with Crippen molar-refractivity contribution >= 4 is 5.91 Å². The summed E-state index contributed by atoms with van der Waals surface area (Å²) in [5, 5.41) is 78.7. The lowest BCUT2D eigenvalue weighted by Gasteiger charge is -2.48. The molecule has 17 atom stereocenters. The second kappa shape index (κ2) is 15.3. The third-order valence-corrected chi connectivity index (χ3v) is 9.06. The number of hydrogen-bond donors (Lipinski definition) is 14. The molecule has 45 heavy (non-hydrogen) atoms. The van der Waals surface area contributed by atoms with Gasteiger partial charge in [0.15, 0.2) is 18.2 Å². The predicted molar refractivity (Wildman–Crippen MR) is 153 cm³/mol. The van der Waals surface area contributed by atoms with E-state index in [9.17, 15) is 40.5 Å². The molecule has 0 radical (unpaired) electrons. The van der Waals surface area contributed by atoms with Crippen LogP contribution in [0.3, 0.4) is 0 Å². The van der Waals surface area contributed by atoms with Crippen molar-refractivity contribution in [2.75, 3.05) is 26.2 Å².